The molecule has 1 aliphatic carbocycles. The van der Waals surface area contributed by atoms with Gasteiger partial charge in [0.25, 0.3) is 0 Å². The van der Waals surface area contributed by atoms with Crippen molar-refractivity contribution in [3.05, 3.63) is 10.4 Å². The van der Waals surface area contributed by atoms with E-state index in [1.807, 2.05) is 0 Å². The van der Waals surface area contributed by atoms with Crippen molar-refractivity contribution in [3.8, 4) is 6.07 Å². The zero-order chi connectivity index (χ0) is 13.6. The van der Waals surface area contributed by atoms with Gasteiger partial charge in [-0.3, -0.25) is 4.79 Å². The van der Waals surface area contributed by atoms with Crippen LogP contribution < -0.4 is 10.6 Å². The molecular formula is C14H17N3OS. The van der Waals surface area contributed by atoms with Crippen LogP contribution in [-0.2, 0) is 0 Å². The molecule has 1 saturated heterocycles. The smallest absolute Gasteiger partial charge is 0.171 e. The largest absolute Gasteiger partial charge is 0.396 e. The van der Waals surface area contributed by atoms with Crippen molar-refractivity contribution in [2.24, 2.45) is 11.8 Å². The first-order valence-electron chi connectivity index (χ1n) is 6.70. The second-order valence-electron chi connectivity index (χ2n) is 5.55. The first-order chi connectivity index (χ1) is 9.11. The van der Waals surface area contributed by atoms with E-state index < -0.39 is 0 Å². The number of fused-ring (bicyclic) bond motifs is 1. The number of rotatable bonds is 2. The minimum absolute atomic E-state index is 0.0513. The zero-order valence-electron chi connectivity index (χ0n) is 11.0. The monoisotopic (exact) mass is 275 g/mol. The van der Waals surface area contributed by atoms with Gasteiger partial charge < -0.3 is 10.6 Å². The van der Waals surface area contributed by atoms with Crippen molar-refractivity contribution in [2.45, 2.75) is 26.2 Å². The van der Waals surface area contributed by atoms with Gasteiger partial charge >= 0.3 is 0 Å². The van der Waals surface area contributed by atoms with Gasteiger partial charge in [-0.2, -0.15) is 5.26 Å². The molecule has 1 aromatic rings. The minimum atomic E-state index is -0.0513. The van der Waals surface area contributed by atoms with Crippen molar-refractivity contribution in [3.63, 3.8) is 0 Å². The van der Waals surface area contributed by atoms with Crippen LogP contribution in [0.5, 0.6) is 0 Å². The topological polar surface area (TPSA) is 70.1 Å². The molecule has 0 spiro atoms. The van der Waals surface area contributed by atoms with Gasteiger partial charge in [-0.25, -0.2) is 0 Å². The highest BCUT2D eigenvalue weighted by molar-refractivity contribution is 7.19. The third-order valence-electron chi connectivity index (χ3n) is 4.37. The molecule has 0 amide bonds. The molecular weight excluding hydrogens is 258 g/mol. The third kappa shape index (κ3) is 1.91. The Balaban J connectivity index is 1.95. The molecule has 1 saturated carbocycles. The predicted molar refractivity (Wildman–Crippen MR) is 76.5 cm³/mol. The fourth-order valence-electron chi connectivity index (χ4n) is 3.42. The van der Waals surface area contributed by atoms with Crippen molar-refractivity contribution < 1.29 is 4.79 Å². The Kier molecular flexibility index (Phi) is 2.98. The maximum absolute atomic E-state index is 11.6. The fraction of sp³-hybridized carbons (Fsp3) is 0.571. The number of Topliss-reactive ketones (excluding diaryl/α,β-unsaturated/α-hetero) is 1. The predicted octanol–water partition coefficient (Wildman–Crippen LogP) is 2.64. The SMILES string of the molecule is CC(=O)c1sc(N2CC3CCCC3C2)c(C#N)c1N. The molecule has 100 valence electrons. The maximum Gasteiger partial charge on any atom is 0.171 e. The fourth-order valence-corrected chi connectivity index (χ4v) is 4.51. The summed E-state index contributed by atoms with van der Waals surface area (Å²) in [5, 5.41) is 10.2. The molecule has 4 nitrogen and oxygen atoms in total. The number of ketones is 1. The molecule has 2 N–H and O–H groups in total. The van der Waals surface area contributed by atoms with Crippen LogP contribution in [0.4, 0.5) is 10.7 Å². The molecule has 1 aliphatic heterocycles. The van der Waals surface area contributed by atoms with E-state index in [2.05, 4.69) is 11.0 Å². The normalized spacial score (nSPS) is 25.4. The summed E-state index contributed by atoms with van der Waals surface area (Å²) in [5.41, 5.74) is 6.80. The molecule has 0 radical (unpaired) electrons. The standard InChI is InChI=1S/C14H17N3OS/c1-8(18)13-12(16)11(5-15)14(19-13)17-6-9-3-2-4-10(9)7-17/h9-10H,2-4,6-7,16H2,1H3. The van der Waals surface area contributed by atoms with Crippen LogP contribution in [0.1, 0.15) is 41.4 Å². The second-order valence-corrected chi connectivity index (χ2v) is 6.55. The van der Waals surface area contributed by atoms with Crippen LogP contribution in [0.3, 0.4) is 0 Å². The summed E-state index contributed by atoms with van der Waals surface area (Å²) in [5.74, 6) is 1.47. The second kappa shape index (κ2) is 4.53. The van der Waals surface area contributed by atoms with Gasteiger partial charge in [0.05, 0.1) is 10.6 Å². The number of hydrogen-bond acceptors (Lipinski definition) is 5. The summed E-state index contributed by atoms with van der Waals surface area (Å²) < 4.78 is 0. The molecule has 0 aromatic carbocycles. The Morgan fingerprint density at radius 2 is 2.05 bits per heavy atom. The Morgan fingerprint density at radius 3 is 2.58 bits per heavy atom. The molecule has 1 aromatic heterocycles. The van der Waals surface area contributed by atoms with E-state index in [0.29, 0.717) is 16.1 Å². The number of nitriles is 1. The van der Waals surface area contributed by atoms with Crippen LogP contribution in [-0.4, -0.2) is 18.9 Å². The van der Waals surface area contributed by atoms with Gasteiger partial charge in [-0.15, -0.1) is 11.3 Å². The van der Waals surface area contributed by atoms with E-state index >= 15 is 0 Å². The van der Waals surface area contributed by atoms with Crippen LogP contribution in [0.2, 0.25) is 0 Å². The number of carbonyl (C=O) groups is 1. The number of nitrogens with two attached hydrogens (primary N) is 1. The Labute approximate surface area is 116 Å². The van der Waals surface area contributed by atoms with Crippen LogP contribution in [0.25, 0.3) is 0 Å². The average molecular weight is 275 g/mol. The summed E-state index contributed by atoms with van der Waals surface area (Å²) in [6.45, 7) is 3.53. The van der Waals surface area contributed by atoms with E-state index in [0.717, 1.165) is 29.9 Å². The number of anilines is 2. The lowest BCUT2D eigenvalue weighted by molar-refractivity contribution is 0.102. The molecule has 2 unspecified atom stereocenters. The van der Waals surface area contributed by atoms with Crippen LogP contribution >= 0.6 is 11.3 Å². The van der Waals surface area contributed by atoms with Gasteiger partial charge in [-0.1, -0.05) is 6.42 Å². The molecule has 3 rings (SSSR count). The molecule has 2 atom stereocenters. The summed E-state index contributed by atoms with van der Waals surface area (Å²) >= 11 is 1.38. The summed E-state index contributed by atoms with van der Waals surface area (Å²) in [7, 11) is 0. The Morgan fingerprint density at radius 1 is 1.42 bits per heavy atom. The number of thiophene rings is 1. The highest BCUT2D eigenvalue weighted by atomic mass is 32.1. The van der Waals surface area contributed by atoms with E-state index in [-0.39, 0.29) is 5.78 Å². The van der Waals surface area contributed by atoms with Crippen molar-refractivity contribution in [2.75, 3.05) is 23.7 Å². The maximum atomic E-state index is 11.6. The van der Waals surface area contributed by atoms with Gasteiger partial charge in [-0.05, 0) is 24.7 Å². The van der Waals surface area contributed by atoms with Gasteiger partial charge in [0.15, 0.2) is 5.78 Å². The number of nitrogen functional groups attached to an aromatic ring is 1. The molecule has 19 heavy (non-hydrogen) atoms. The molecule has 2 heterocycles. The Hall–Kier alpha value is -1.54. The van der Waals surface area contributed by atoms with Crippen molar-refractivity contribution in [1.29, 1.82) is 5.26 Å². The number of hydrogen-bond donors (Lipinski definition) is 1. The lowest BCUT2D eigenvalue weighted by Crippen LogP contribution is -2.20. The number of carbonyl (C=O) groups excluding carboxylic acids is 1. The third-order valence-corrected chi connectivity index (χ3v) is 5.74. The average Bonchev–Trinajstić information content (AvgIpc) is 2.99. The van der Waals surface area contributed by atoms with Gasteiger partial charge in [0.1, 0.15) is 16.6 Å². The minimum Gasteiger partial charge on any atom is -0.396 e. The summed E-state index contributed by atoms with van der Waals surface area (Å²) in [6, 6.07) is 2.17. The van der Waals surface area contributed by atoms with E-state index in [1.165, 1.54) is 37.5 Å². The Bertz CT molecular complexity index is 560. The van der Waals surface area contributed by atoms with Gasteiger partial charge in [0.2, 0.25) is 0 Å². The van der Waals surface area contributed by atoms with Gasteiger partial charge in [0, 0.05) is 20.0 Å². The summed E-state index contributed by atoms with van der Waals surface area (Å²) in [6.07, 6.45) is 3.92. The lowest BCUT2D eigenvalue weighted by Gasteiger charge is -2.17. The molecule has 2 aliphatic rings. The van der Waals surface area contributed by atoms with Crippen molar-refractivity contribution >= 4 is 27.8 Å². The van der Waals surface area contributed by atoms with Crippen LogP contribution in [0, 0.1) is 23.2 Å². The van der Waals surface area contributed by atoms with E-state index in [1.54, 1.807) is 0 Å². The van der Waals surface area contributed by atoms with E-state index in [4.69, 9.17) is 5.73 Å². The first kappa shape index (κ1) is 12.5. The highest BCUT2D eigenvalue weighted by Crippen LogP contribution is 2.44. The zero-order valence-corrected chi connectivity index (χ0v) is 11.8. The van der Waals surface area contributed by atoms with Crippen LogP contribution in [0.15, 0.2) is 0 Å². The molecule has 5 heteroatoms. The van der Waals surface area contributed by atoms with Crippen molar-refractivity contribution in [1.82, 2.24) is 0 Å². The molecule has 2 fully saturated rings. The lowest BCUT2D eigenvalue weighted by atomic mass is 10.0. The first-order valence-corrected chi connectivity index (χ1v) is 7.51. The summed E-state index contributed by atoms with van der Waals surface area (Å²) in [4.78, 5) is 14.4. The quantitative estimate of drug-likeness (QED) is 0.842. The van der Waals surface area contributed by atoms with E-state index in [9.17, 15) is 10.1 Å². The molecule has 0 bridgehead atoms. The number of nitrogens with zero attached hydrogens (tertiary/aromatic N) is 2. The highest BCUT2D eigenvalue weighted by Gasteiger charge is 2.38.